The minimum Gasteiger partial charge on any atom is -0.504 e. The molecule has 0 saturated carbocycles. The van der Waals surface area contributed by atoms with E-state index in [2.05, 4.69) is 15.6 Å². The Morgan fingerprint density at radius 3 is 2.61 bits per heavy atom. The van der Waals surface area contributed by atoms with Crippen LogP contribution in [0.1, 0.15) is 21.5 Å². The van der Waals surface area contributed by atoms with Crippen molar-refractivity contribution in [3.8, 4) is 23.0 Å². The van der Waals surface area contributed by atoms with Crippen molar-refractivity contribution in [2.45, 2.75) is 6.54 Å². The molecule has 0 spiro atoms. The average Bonchev–Trinajstić information content (AvgIpc) is 3.20. The Morgan fingerprint density at radius 1 is 1.29 bits per heavy atom. The van der Waals surface area contributed by atoms with E-state index in [1.807, 2.05) is 0 Å². The summed E-state index contributed by atoms with van der Waals surface area (Å²) in [6, 6.07) is 7.03. The number of ether oxygens (including phenoxy) is 1. The van der Waals surface area contributed by atoms with Gasteiger partial charge < -0.3 is 20.1 Å². The van der Waals surface area contributed by atoms with Gasteiger partial charge in [-0.3, -0.25) is 19.6 Å². The number of nitrogens with zero attached hydrogens (tertiary/aromatic N) is 4. The number of benzene rings is 2. The van der Waals surface area contributed by atoms with Crippen LogP contribution >= 0.6 is 0 Å². The van der Waals surface area contributed by atoms with Crippen LogP contribution < -0.4 is 10.2 Å². The summed E-state index contributed by atoms with van der Waals surface area (Å²) in [6.45, 7) is 0.205. The number of nitro groups is 1. The molecule has 0 bridgehead atoms. The number of phenolic OH excluding ortho intramolecular Hbond substituents is 3. The van der Waals surface area contributed by atoms with E-state index in [0.717, 1.165) is 18.3 Å². The van der Waals surface area contributed by atoms with E-state index in [0.29, 0.717) is 16.9 Å². The lowest BCUT2D eigenvalue weighted by Crippen LogP contribution is -2.17. The topological polar surface area (TPSA) is 172 Å². The van der Waals surface area contributed by atoms with Crippen LogP contribution in [0.2, 0.25) is 0 Å². The third-order valence-corrected chi connectivity index (χ3v) is 4.18. The van der Waals surface area contributed by atoms with Crippen molar-refractivity contribution in [1.29, 1.82) is 0 Å². The summed E-state index contributed by atoms with van der Waals surface area (Å²) in [6.07, 6.45) is 3.79. The van der Waals surface area contributed by atoms with Gasteiger partial charge in [-0.2, -0.15) is 10.2 Å². The molecule has 0 aliphatic heterocycles. The summed E-state index contributed by atoms with van der Waals surface area (Å²) in [7, 11) is 1.49. The second kappa shape index (κ2) is 8.82. The molecular formula is C19H17N5O7. The number of aromatic nitrogens is 2. The van der Waals surface area contributed by atoms with Gasteiger partial charge in [-0.15, -0.1) is 0 Å². The fourth-order valence-corrected chi connectivity index (χ4v) is 2.68. The molecule has 1 aromatic heterocycles. The maximum absolute atomic E-state index is 12.1. The molecule has 3 rings (SSSR count). The number of carbonyl (C=O) groups excluding carboxylic acids is 1. The van der Waals surface area contributed by atoms with Crippen LogP contribution in [-0.2, 0) is 6.54 Å². The summed E-state index contributed by atoms with van der Waals surface area (Å²) in [4.78, 5) is 22.4. The molecule has 12 heteroatoms. The maximum Gasteiger partial charge on any atom is 0.307 e. The van der Waals surface area contributed by atoms with E-state index in [1.165, 1.54) is 24.2 Å². The maximum atomic E-state index is 12.1. The molecule has 1 heterocycles. The highest BCUT2D eigenvalue weighted by Crippen LogP contribution is 2.35. The Kier molecular flexibility index (Phi) is 6.00. The molecule has 0 atom stereocenters. The molecule has 0 unspecified atom stereocenters. The van der Waals surface area contributed by atoms with Crippen molar-refractivity contribution in [3.05, 3.63) is 69.5 Å². The highest BCUT2D eigenvalue weighted by Gasteiger charge is 2.13. The predicted molar refractivity (Wildman–Crippen MR) is 107 cm³/mol. The highest BCUT2D eigenvalue weighted by atomic mass is 16.6. The number of phenols is 3. The molecule has 160 valence electrons. The van der Waals surface area contributed by atoms with Crippen LogP contribution in [0.4, 0.5) is 5.69 Å². The van der Waals surface area contributed by atoms with E-state index in [1.54, 1.807) is 18.2 Å². The third kappa shape index (κ3) is 4.87. The standard InChI is InChI=1S/C19H17N5O7/c1-31-17-3-2-11(4-13(17)9-23-10-14(8-21-23)24(29)30)7-20-22-19(28)12-5-15(25)18(27)16(26)6-12/h2-8,10,25-27H,9H2,1H3,(H,22,28)/b20-7-. The molecular weight excluding hydrogens is 410 g/mol. The quantitative estimate of drug-likeness (QED) is 0.191. The summed E-state index contributed by atoms with van der Waals surface area (Å²) >= 11 is 0. The van der Waals surface area contributed by atoms with Crippen LogP contribution in [0.15, 0.2) is 47.8 Å². The minimum atomic E-state index is -0.728. The minimum absolute atomic E-state index is 0.111. The summed E-state index contributed by atoms with van der Waals surface area (Å²) < 4.78 is 6.69. The Hall–Kier alpha value is -4.61. The second-order valence-electron chi connectivity index (χ2n) is 6.29. The van der Waals surface area contributed by atoms with Crippen molar-refractivity contribution < 1.29 is 29.8 Å². The highest BCUT2D eigenvalue weighted by molar-refractivity contribution is 5.96. The largest absolute Gasteiger partial charge is 0.504 e. The lowest BCUT2D eigenvalue weighted by Gasteiger charge is -2.09. The Labute approximate surface area is 174 Å². The lowest BCUT2D eigenvalue weighted by atomic mass is 10.1. The van der Waals surface area contributed by atoms with Crippen molar-refractivity contribution in [3.63, 3.8) is 0 Å². The molecule has 31 heavy (non-hydrogen) atoms. The van der Waals surface area contributed by atoms with Crippen LogP contribution in [-0.4, -0.2) is 49.3 Å². The fourth-order valence-electron chi connectivity index (χ4n) is 2.68. The number of methoxy groups -OCH3 is 1. The number of nitrogens with one attached hydrogen (secondary N) is 1. The van der Waals surface area contributed by atoms with Crippen molar-refractivity contribution >= 4 is 17.8 Å². The van der Waals surface area contributed by atoms with Gasteiger partial charge in [0.2, 0.25) is 0 Å². The fraction of sp³-hybridized carbons (Fsp3) is 0.105. The number of carbonyl (C=O) groups is 1. The van der Waals surface area contributed by atoms with E-state index in [4.69, 9.17) is 4.74 Å². The van der Waals surface area contributed by atoms with E-state index in [9.17, 15) is 30.2 Å². The molecule has 0 saturated heterocycles. The zero-order valence-corrected chi connectivity index (χ0v) is 16.1. The van der Waals surface area contributed by atoms with Gasteiger partial charge in [0.05, 0.1) is 24.8 Å². The SMILES string of the molecule is COc1ccc(/C=N\NC(=O)c2cc(O)c(O)c(O)c2)cc1Cn1cc([N+](=O)[O-])cn1. The molecule has 0 aliphatic carbocycles. The first-order chi connectivity index (χ1) is 14.8. The first kappa shape index (κ1) is 21.1. The van der Waals surface area contributed by atoms with Crippen LogP contribution in [0.25, 0.3) is 0 Å². The molecule has 12 nitrogen and oxygen atoms in total. The molecule has 0 radical (unpaired) electrons. The number of hydrazone groups is 1. The van der Waals surface area contributed by atoms with Gasteiger partial charge in [0.1, 0.15) is 18.1 Å². The van der Waals surface area contributed by atoms with Gasteiger partial charge in [0.15, 0.2) is 17.2 Å². The van der Waals surface area contributed by atoms with E-state index >= 15 is 0 Å². The second-order valence-corrected chi connectivity index (χ2v) is 6.29. The van der Waals surface area contributed by atoms with Gasteiger partial charge in [-0.1, -0.05) is 0 Å². The molecule has 3 aromatic rings. The van der Waals surface area contributed by atoms with Crippen molar-refractivity contribution in [2.24, 2.45) is 5.10 Å². The third-order valence-electron chi connectivity index (χ3n) is 4.18. The molecule has 0 aliphatic rings. The number of hydrogen-bond donors (Lipinski definition) is 4. The normalized spacial score (nSPS) is 10.9. The van der Waals surface area contributed by atoms with Crippen molar-refractivity contribution in [2.75, 3.05) is 7.11 Å². The van der Waals surface area contributed by atoms with Gasteiger partial charge in [-0.05, 0) is 35.9 Å². The summed E-state index contributed by atoms with van der Waals surface area (Å²) in [5.41, 5.74) is 3.26. The molecule has 1 amide bonds. The number of amides is 1. The average molecular weight is 427 g/mol. The number of rotatable bonds is 7. The number of hydrogen-bond acceptors (Lipinski definition) is 9. The summed E-state index contributed by atoms with van der Waals surface area (Å²) in [5, 5.41) is 46.9. The van der Waals surface area contributed by atoms with Crippen LogP contribution in [0.5, 0.6) is 23.0 Å². The van der Waals surface area contributed by atoms with E-state index < -0.39 is 28.1 Å². The first-order valence-electron chi connectivity index (χ1n) is 8.70. The molecule has 0 fully saturated rings. The van der Waals surface area contributed by atoms with E-state index in [-0.39, 0.29) is 17.8 Å². The Morgan fingerprint density at radius 2 is 2.00 bits per heavy atom. The van der Waals surface area contributed by atoms with Crippen LogP contribution in [0.3, 0.4) is 0 Å². The first-order valence-corrected chi connectivity index (χ1v) is 8.70. The summed E-state index contributed by atoms with van der Waals surface area (Å²) in [5.74, 6) is -2.21. The van der Waals surface area contributed by atoms with Crippen LogP contribution in [0, 0.1) is 10.1 Å². The van der Waals surface area contributed by atoms with Gasteiger partial charge in [0.25, 0.3) is 5.91 Å². The predicted octanol–water partition coefficient (Wildman–Crippen LogP) is 1.73. The van der Waals surface area contributed by atoms with Gasteiger partial charge in [-0.25, -0.2) is 5.43 Å². The van der Waals surface area contributed by atoms with Gasteiger partial charge in [0, 0.05) is 11.1 Å². The Bertz CT molecular complexity index is 1150. The zero-order valence-electron chi connectivity index (χ0n) is 16.1. The molecule has 2 aromatic carbocycles. The van der Waals surface area contributed by atoms with Gasteiger partial charge >= 0.3 is 5.69 Å². The van der Waals surface area contributed by atoms with Crippen molar-refractivity contribution in [1.82, 2.24) is 15.2 Å². The smallest absolute Gasteiger partial charge is 0.307 e. The number of aromatic hydroxyl groups is 3. The lowest BCUT2D eigenvalue weighted by molar-refractivity contribution is -0.385. The Balaban J connectivity index is 1.74. The molecule has 4 N–H and O–H groups in total. The zero-order chi connectivity index (χ0) is 22.5. The monoisotopic (exact) mass is 427 g/mol.